The van der Waals surface area contributed by atoms with Crippen LogP contribution >= 0.6 is 0 Å². The zero-order chi connectivity index (χ0) is 12.7. The summed E-state index contributed by atoms with van der Waals surface area (Å²) in [5, 5.41) is 0.710. The minimum absolute atomic E-state index is 0.0655. The fraction of sp³-hybridized carbons (Fsp3) is 0.308. The number of aromatic amines is 1. The van der Waals surface area contributed by atoms with E-state index in [-0.39, 0.29) is 17.8 Å². The lowest BCUT2D eigenvalue weighted by atomic mass is 10.2. The number of likely N-dealkylation sites (tertiary alicyclic amines) is 1. The molecule has 1 amide bonds. The van der Waals surface area contributed by atoms with Gasteiger partial charge in [-0.15, -0.1) is 0 Å². The maximum atomic E-state index is 13.1. The summed E-state index contributed by atoms with van der Waals surface area (Å²) in [5.41, 5.74) is 7.04. The van der Waals surface area contributed by atoms with Gasteiger partial charge in [0.05, 0.1) is 0 Å². The van der Waals surface area contributed by atoms with Crippen molar-refractivity contribution in [3.8, 4) is 0 Å². The third-order valence-corrected chi connectivity index (χ3v) is 3.33. The van der Waals surface area contributed by atoms with Crippen LogP contribution in [0.25, 0.3) is 10.9 Å². The van der Waals surface area contributed by atoms with E-state index >= 15 is 0 Å². The summed E-state index contributed by atoms with van der Waals surface area (Å²) in [5.74, 6) is -0.372. The molecule has 0 spiro atoms. The molecule has 4 nitrogen and oxygen atoms in total. The number of benzene rings is 1. The van der Waals surface area contributed by atoms with Crippen molar-refractivity contribution in [1.29, 1.82) is 0 Å². The standard InChI is InChI=1S/C13H14FN3O/c14-9-1-2-11-8(5-9)6-12(16-11)13(18)17-4-3-10(15)7-17/h1-2,5-6,10,16H,3-4,7,15H2/t10-/m1/s1. The number of nitrogens with one attached hydrogen (secondary N) is 1. The number of amides is 1. The zero-order valence-corrected chi connectivity index (χ0v) is 9.82. The van der Waals surface area contributed by atoms with Crippen molar-refractivity contribution < 1.29 is 9.18 Å². The molecule has 0 radical (unpaired) electrons. The fourth-order valence-electron chi connectivity index (χ4n) is 2.36. The Morgan fingerprint density at radius 2 is 2.28 bits per heavy atom. The second-order valence-corrected chi connectivity index (χ2v) is 4.71. The summed E-state index contributed by atoms with van der Waals surface area (Å²) < 4.78 is 13.1. The van der Waals surface area contributed by atoms with Gasteiger partial charge in [-0.2, -0.15) is 0 Å². The van der Waals surface area contributed by atoms with Gasteiger partial charge in [-0.1, -0.05) is 0 Å². The molecule has 1 aliphatic heterocycles. The van der Waals surface area contributed by atoms with E-state index in [0.29, 0.717) is 24.2 Å². The highest BCUT2D eigenvalue weighted by Gasteiger charge is 2.25. The highest BCUT2D eigenvalue weighted by atomic mass is 19.1. The van der Waals surface area contributed by atoms with Crippen molar-refractivity contribution >= 4 is 16.8 Å². The normalized spacial score (nSPS) is 19.7. The number of carbonyl (C=O) groups is 1. The van der Waals surface area contributed by atoms with Crippen molar-refractivity contribution in [3.05, 3.63) is 35.8 Å². The molecule has 1 saturated heterocycles. The molecule has 0 unspecified atom stereocenters. The van der Waals surface area contributed by atoms with Crippen LogP contribution in [0.4, 0.5) is 4.39 Å². The Morgan fingerprint density at radius 1 is 1.44 bits per heavy atom. The summed E-state index contributed by atoms with van der Waals surface area (Å²) in [6.07, 6.45) is 0.834. The molecule has 3 rings (SSSR count). The molecule has 5 heteroatoms. The van der Waals surface area contributed by atoms with Gasteiger partial charge in [-0.05, 0) is 30.7 Å². The average Bonchev–Trinajstić information content (AvgIpc) is 2.93. The monoisotopic (exact) mass is 247 g/mol. The number of H-pyrrole nitrogens is 1. The smallest absolute Gasteiger partial charge is 0.270 e. The highest BCUT2D eigenvalue weighted by molar-refractivity contribution is 5.98. The van der Waals surface area contributed by atoms with E-state index in [1.165, 1.54) is 12.1 Å². The molecule has 18 heavy (non-hydrogen) atoms. The first-order valence-corrected chi connectivity index (χ1v) is 5.96. The van der Waals surface area contributed by atoms with E-state index in [1.54, 1.807) is 17.0 Å². The van der Waals surface area contributed by atoms with Gasteiger partial charge < -0.3 is 15.6 Å². The largest absolute Gasteiger partial charge is 0.351 e. The van der Waals surface area contributed by atoms with Crippen LogP contribution in [0.1, 0.15) is 16.9 Å². The van der Waals surface area contributed by atoms with E-state index in [2.05, 4.69) is 4.98 Å². The van der Waals surface area contributed by atoms with Crippen LogP contribution in [-0.2, 0) is 0 Å². The molecule has 0 aliphatic carbocycles. The third-order valence-electron chi connectivity index (χ3n) is 3.33. The van der Waals surface area contributed by atoms with E-state index in [1.807, 2.05) is 0 Å². The molecule has 3 N–H and O–H groups in total. The van der Waals surface area contributed by atoms with Gasteiger partial charge in [-0.25, -0.2) is 4.39 Å². The lowest BCUT2D eigenvalue weighted by molar-refractivity contribution is 0.0786. The predicted octanol–water partition coefficient (Wildman–Crippen LogP) is 1.48. The predicted molar refractivity (Wildman–Crippen MR) is 66.8 cm³/mol. The molecular weight excluding hydrogens is 233 g/mol. The number of halogens is 1. The van der Waals surface area contributed by atoms with Crippen LogP contribution in [-0.4, -0.2) is 34.9 Å². The lowest BCUT2D eigenvalue weighted by Gasteiger charge is -2.14. The maximum Gasteiger partial charge on any atom is 0.270 e. The van der Waals surface area contributed by atoms with Gasteiger partial charge in [0.25, 0.3) is 5.91 Å². The Kier molecular flexibility index (Phi) is 2.56. The molecule has 2 aromatic rings. The van der Waals surface area contributed by atoms with Gasteiger partial charge in [-0.3, -0.25) is 4.79 Å². The van der Waals surface area contributed by atoms with Gasteiger partial charge in [0.1, 0.15) is 11.5 Å². The molecule has 94 valence electrons. The molecule has 1 aromatic carbocycles. The number of hydrogen-bond acceptors (Lipinski definition) is 2. The molecule has 1 aliphatic rings. The minimum atomic E-state index is -0.302. The Morgan fingerprint density at radius 3 is 3.00 bits per heavy atom. The second-order valence-electron chi connectivity index (χ2n) is 4.71. The first kappa shape index (κ1) is 11.2. The van der Waals surface area contributed by atoms with Crippen LogP contribution in [0.3, 0.4) is 0 Å². The van der Waals surface area contributed by atoms with Crippen LogP contribution < -0.4 is 5.73 Å². The fourth-order valence-corrected chi connectivity index (χ4v) is 2.36. The minimum Gasteiger partial charge on any atom is -0.351 e. The van der Waals surface area contributed by atoms with Crippen LogP contribution in [0.15, 0.2) is 24.3 Å². The SMILES string of the molecule is N[C@@H]1CCN(C(=O)c2cc3cc(F)ccc3[nH]2)C1. The first-order valence-electron chi connectivity index (χ1n) is 5.96. The van der Waals surface area contributed by atoms with Gasteiger partial charge in [0.2, 0.25) is 0 Å². The van der Waals surface area contributed by atoms with E-state index in [4.69, 9.17) is 5.73 Å². The third kappa shape index (κ3) is 1.86. The summed E-state index contributed by atoms with van der Waals surface area (Å²) in [4.78, 5) is 16.9. The van der Waals surface area contributed by atoms with Crippen LogP contribution in [0, 0.1) is 5.82 Å². The number of nitrogens with two attached hydrogens (primary N) is 1. The Bertz CT molecular complexity index is 607. The Labute approximate surface area is 104 Å². The summed E-state index contributed by atoms with van der Waals surface area (Å²) in [7, 11) is 0. The zero-order valence-electron chi connectivity index (χ0n) is 9.82. The Hall–Kier alpha value is -1.88. The van der Waals surface area contributed by atoms with Crippen molar-refractivity contribution in [2.75, 3.05) is 13.1 Å². The number of carbonyl (C=O) groups excluding carboxylic acids is 1. The summed E-state index contributed by atoms with van der Waals surface area (Å²) >= 11 is 0. The van der Waals surface area contributed by atoms with Crippen molar-refractivity contribution in [2.45, 2.75) is 12.5 Å². The molecule has 2 heterocycles. The molecular formula is C13H14FN3O. The summed E-state index contributed by atoms with van der Waals surface area (Å²) in [6, 6.07) is 6.18. The molecule has 0 bridgehead atoms. The second kappa shape index (κ2) is 4.10. The van der Waals surface area contributed by atoms with E-state index in [9.17, 15) is 9.18 Å². The number of hydrogen-bond donors (Lipinski definition) is 2. The molecule has 1 aromatic heterocycles. The first-order chi connectivity index (χ1) is 8.63. The highest BCUT2D eigenvalue weighted by Crippen LogP contribution is 2.19. The molecule has 0 saturated carbocycles. The van der Waals surface area contributed by atoms with Crippen LogP contribution in [0.2, 0.25) is 0 Å². The number of fused-ring (bicyclic) bond motifs is 1. The number of aromatic nitrogens is 1. The number of rotatable bonds is 1. The van der Waals surface area contributed by atoms with Crippen molar-refractivity contribution in [1.82, 2.24) is 9.88 Å². The maximum absolute atomic E-state index is 13.1. The topological polar surface area (TPSA) is 62.1 Å². The van der Waals surface area contributed by atoms with E-state index < -0.39 is 0 Å². The molecule has 1 atom stereocenters. The number of nitrogens with zero attached hydrogens (tertiary/aromatic N) is 1. The van der Waals surface area contributed by atoms with Gasteiger partial charge in [0.15, 0.2) is 0 Å². The summed E-state index contributed by atoms with van der Waals surface area (Å²) in [6.45, 7) is 1.27. The molecule has 1 fully saturated rings. The quantitative estimate of drug-likeness (QED) is 0.801. The van der Waals surface area contributed by atoms with Gasteiger partial charge >= 0.3 is 0 Å². The van der Waals surface area contributed by atoms with Crippen molar-refractivity contribution in [2.24, 2.45) is 5.73 Å². The lowest BCUT2D eigenvalue weighted by Crippen LogP contribution is -2.32. The van der Waals surface area contributed by atoms with E-state index in [0.717, 1.165) is 11.9 Å². The van der Waals surface area contributed by atoms with Crippen LogP contribution in [0.5, 0.6) is 0 Å². The van der Waals surface area contributed by atoms with Gasteiger partial charge in [0, 0.05) is 30.0 Å². The van der Waals surface area contributed by atoms with Crippen molar-refractivity contribution in [3.63, 3.8) is 0 Å². The average molecular weight is 247 g/mol. The Balaban J connectivity index is 1.92.